The lowest BCUT2D eigenvalue weighted by atomic mass is 11.6. The van der Waals surface area contributed by atoms with E-state index in [4.69, 9.17) is 5.11 Å². The summed E-state index contributed by atoms with van der Waals surface area (Å²) in [6.45, 7) is -0.456. The highest BCUT2D eigenvalue weighted by Gasteiger charge is 1.62. The van der Waals surface area contributed by atoms with Crippen LogP contribution >= 0.6 is 8.69 Å². The number of hydrogen-bond acceptors (Lipinski definition) is 3. The van der Waals surface area contributed by atoms with Crippen molar-refractivity contribution in [1.29, 1.82) is 0 Å². The van der Waals surface area contributed by atoms with Crippen molar-refractivity contribution in [2.45, 2.75) is 0 Å². The lowest BCUT2D eigenvalue weighted by molar-refractivity contribution is 0.111. The summed E-state index contributed by atoms with van der Waals surface area (Å²) in [7, 11) is -0.842. The van der Waals surface area contributed by atoms with Crippen LogP contribution in [0.15, 0.2) is 0 Å². The lowest BCUT2D eigenvalue weighted by Gasteiger charge is -1.75. The third-order valence-corrected chi connectivity index (χ3v) is 0.370. The Morgan fingerprint density at radius 2 is 2.60 bits per heavy atom. The highest BCUT2D eigenvalue weighted by atomic mass is 31.1. The van der Waals surface area contributed by atoms with Gasteiger partial charge in [0.25, 0.3) is 0 Å². The van der Waals surface area contributed by atoms with Crippen LogP contribution in [0.3, 0.4) is 0 Å². The largest absolute Gasteiger partial charge is 0.370 e. The van der Waals surface area contributed by atoms with Crippen LogP contribution in [0.2, 0.25) is 0 Å². The Labute approximate surface area is 30.9 Å². The van der Waals surface area contributed by atoms with Gasteiger partial charge in [0.15, 0.2) is 6.79 Å². The van der Waals surface area contributed by atoms with Crippen molar-refractivity contribution in [1.82, 2.24) is 0 Å². The van der Waals surface area contributed by atoms with E-state index >= 15 is 0 Å². The highest BCUT2D eigenvalue weighted by molar-refractivity contribution is 7.17. The van der Waals surface area contributed by atoms with Gasteiger partial charge in [-0.05, 0) is 0 Å². The average molecular weight is 95.0 g/mol. The van der Waals surface area contributed by atoms with Gasteiger partial charge < -0.3 is 5.11 Å². The van der Waals surface area contributed by atoms with Gasteiger partial charge in [-0.1, -0.05) is 0 Å². The zero-order valence-electron chi connectivity index (χ0n) is 2.47. The van der Waals surface area contributed by atoms with E-state index in [1.165, 1.54) is 0 Å². The summed E-state index contributed by atoms with van der Waals surface area (Å²) in [4.78, 5) is 0. The second kappa shape index (κ2) is 4.02. The fourth-order valence-corrected chi connectivity index (χ4v) is 0.0791. The molecule has 1 atom stereocenters. The summed E-state index contributed by atoms with van der Waals surface area (Å²) >= 11 is 0. The molecule has 31 valence electrons. The van der Waals surface area contributed by atoms with Crippen LogP contribution in [-0.2, 0) is 9.09 Å². The first-order valence-corrected chi connectivity index (χ1v) is 1.83. The quantitative estimate of drug-likeness (QED) is 0.384. The van der Waals surface area contributed by atoms with Crippen LogP contribution in [0.5, 0.6) is 0 Å². The molecule has 0 rings (SSSR count). The molecule has 5 heavy (non-hydrogen) atoms. The number of rotatable bonds is 2. The van der Waals surface area contributed by atoms with Gasteiger partial charge in [-0.15, -0.1) is 0 Å². The van der Waals surface area contributed by atoms with Crippen molar-refractivity contribution in [3.63, 3.8) is 0 Å². The van der Waals surface area contributed by atoms with Crippen LogP contribution in [-0.4, -0.2) is 11.9 Å². The summed E-state index contributed by atoms with van der Waals surface area (Å²) < 4.78 is 13.0. The van der Waals surface area contributed by atoms with Crippen molar-refractivity contribution in [2.75, 3.05) is 6.79 Å². The number of aliphatic hydroxyl groups excluding tert-OH is 1. The third-order valence-electron chi connectivity index (χ3n) is 0.123. The minimum Gasteiger partial charge on any atom is -0.370 e. The van der Waals surface area contributed by atoms with Crippen molar-refractivity contribution in [3.8, 4) is 0 Å². The molecule has 0 saturated heterocycles. The Hall–Kier alpha value is 0.0200. The van der Waals surface area contributed by atoms with Crippen molar-refractivity contribution >= 4 is 8.69 Å². The topological polar surface area (TPSA) is 46.5 Å². The smallest absolute Gasteiger partial charge is 0.200 e. The fraction of sp³-hybridized carbons (Fsp3) is 1.00. The highest BCUT2D eigenvalue weighted by Crippen LogP contribution is 1.87. The third kappa shape index (κ3) is 4.02. The van der Waals surface area contributed by atoms with Gasteiger partial charge in [-0.2, -0.15) is 0 Å². The zero-order valence-corrected chi connectivity index (χ0v) is 3.47. The van der Waals surface area contributed by atoms with Gasteiger partial charge in [-0.25, -0.2) is 0 Å². The minimum atomic E-state index is -0.842. The molecule has 0 aromatic heterocycles. The number of hydrogen-bond donors (Lipinski definition) is 1. The molecular weight excluding hydrogens is 91.0 g/mol. The molecule has 1 unspecified atom stereocenters. The standard InChI is InChI=1S/CH4O3P/c2-1-4-5-3/h2,5H,1H2. The number of aliphatic hydroxyl groups is 1. The van der Waals surface area contributed by atoms with Gasteiger partial charge in [0.1, 0.15) is 0 Å². The molecule has 0 saturated carbocycles. The van der Waals surface area contributed by atoms with E-state index in [9.17, 15) is 4.57 Å². The van der Waals surface area contributed by atoms with Gasteiger partial charge in [0.2, 0.25) is 8.69 Å². The molecule has 0 aliphatic rings. The van der Waals surface area contributed by atoms with E-state index in [1.807, 2.05) is 0 Å². The van der Waals surface area contributed by atoms with Gasteiger partial charge in [0.05, 0.1) is 0 Å². The van der Waals surface area contributed by atoms with E-state index < -0.39 is 15.5 Å². The van der Waals surface area contributed by atoms with Crippen molar-refractivity contribution in [3.05, 3.63) is 0 Å². The van der Waals surface area contributed by atoms with E-state index in [0.717, 1.165) is 0 Å². The molecule has 0 heterocycles. The second-order valence-corrected chi connectivity index (χ2v) is 0.812. The van der Waals surface area contributed by atoms with Crippen LogP contribution in [0.1, 0.15) is 0 Å². The maximum Gasteiger partial charge on any atom is 0.200 e. The Balaban J connectivity index is 2.40. The summed E-state index contributed by atoms with van der Waals surface area (Å²) in [6.07, 6.45) is 0. The molecule has 0 aromatic carbocycles. The summed E-state index contributed by atoms with van der Waals surface area (Å²) in [6, 6.07) is 0. The minimum absolute atomic E-state index is 0.456. The van der Waals surface area contributed by atoms with Gasteiger partial charge in [0, 0.05) is 0 Å². The first-order valence-electron chi connectivity index (χ1n) is 1.01. The molecule has 0 bridgehead atoms. The van der Waals surface area contributed by atoms with Crippen molar-refractivity contribution in [2.24, 2.45) is 0 Å². The van der Waals surface area contributed by atoms with E-state index in [2.05, 4.69) is 4.52 Å². The normalized spacial score (nSPS) is 9.00. The predicted molar refractivity (Wildman–Crippen MR) is 17.2 cm³/mol. The van der Waals surface area contributed by atoms with E-state index in [0.29, 0.717) is 0 Å². The Morgan fingerprint density at radius 1 is 2.00 bits per heavy atom. The molecule has 4 heteroatoms. The van der Waals surface area contributed by atoms with Gasteiger partial charge >= 0.3 is 0 Å². The molecule has 3 nitrogen and oxygen atoms in total. The molecule has 0 aromatic rings. The Morgan fingerprint density at radius 3 is 2.60 bits per heavy atom. The van der Waals surface area contributed by atoms with Crippen molar-refractivity contribution < 1.29 is 14.2 Å². The molecule has 0 spiro atoms. The van der Waals surface area contributed by atoms with E-state index in [-0.39, 0.29) is 0 Å². The van der Waals surface area contributed by atoms with Crippen LogP contribution in [0.25, 0.3) is 0 Å². The zero-order chi connectivity index (χ0) is 4.12. The molecule has 0 fully saturated rings. The second-order valence-electron chi connectivity index (χ2n) is 0.357. The monoisotopic (exact) mass is 95.0 g/mol. The summed E-state index contributed by atoms with van der Waals surface area (Å²) in [5.74, 6) is 0. The lowest BCUT2D eigenvalue weighted by Crippen LogP contribution is -1.72. The summed E-state index contributed by atoms with van der Waals surface area (Å²) in [5.41, 5.74) is 0. The van der Waals surface area contributed by atoms with Crippen LogP contribution in [0, 0.1) is 0 Å². The SMILES string of the molecule is O=[PH]OCO. The summed E-state index contributed by atoms with van der Waals surface area (Å²) in [5, 5.41) is 7.65. The maximum atomic E-state index is 9.18. The molecular formula is CH4O3P. The van der Waals surface area contributed by atoms with Crippen LogP contribution < -0.4 is 0 Å². The van der Waals surface area contributed by atoms with Crippen LogP contribution in [0.4, 0.5) is 0 Å². The maximum absolute atomic E-state index is 9.18. The molecule has 0 amide bonds. The fourth-order valence-electron chi connectivity index (χ4n) is 0.0264. The van der Waals surface area contributed by atoms with E-state index in [1.54, 1.807) is 0 Å². The average Bonchev–Trinajstić information content (AvgIpc) is 1.41. The molecule has 0 aliphatic heterocycles. The molecule has 0 aliphatic carbocycles. The first kappa shape index (κ1) is 5.02. The van der Waals surface area contributed by atoms with Gasteiger partial charge in [-0.3, -0.25) is 9.09 Å². The predicted octanol–water partition coefficient (Wildman–Crippen LogP) is -0.108. The molecule has 1 radical (unpaired) electrons. The molecule has 1 N–H and O–H groups in total. The Bertz CT molecular complexity index is 28.1. The first-order chi connectivity index (χ1) is 2.41. The Kier molecular flexibility index (Phi) is 4.04.